The largest absolute Gasteiger partial charge is 0.361 e. The van der Waals surface area contributed by atoms with E-state index in [4.69, 9.17) is 5.73 Å². The zero-order chi connectivity index (χ0) is 11.0. The number of hydrogen-bond acceptors (Lipinski definition) is 1. The van der Waals surface area contributed by atoms with E-state index in [9.17, 15) is 0 Å². The third-order valence-electron chi connectivity index (χ3n) is 4.12. The molecule has 0 radical (unpaired) electrons. The Hall–Kier alpha value is -1.28. The van der Waals surface area contributed by atoms with E-state index in [1.807, 2.05) is 6.20 Å². The van der Waals surface area contributed by atoms with Crippen LogP contribution in [0.15, 0.2) is 30.5 Å². The van der Waals surface area contributed by atoms with Crippen LogP contribution in [0.2, 0.25) is 0 Å². The van der Waals surface area contributed by atoms with Crippen LogP contribution in [0.3, 0.4) is 0 Å². The molecule has 2 heteroatoms. The van der Waals surface area contributed by atoms with E-state index in [1.165, 1.54) is 42.1 Å². The molecule has 1 fully saturated rings. The third-order valence-corrected chi connectivity index (χ3v) is 4.12. The lowest BCUT2D eigenvalue weighted by molar-refractivity contribution is 0.457. The van der Waals surface area contributed by atoms with Gasteiger partial charge in [-0.3, -0.25) is 0 Å². The monoisotopic (exact) mass is 214 g/mol. The Bertz CT molecular complexity index is 492. The van der Waals surface area contributed by atoms with Crippen LogP contribution < -0.4 is 5.73 Å². The fourth-order valence-corrected chi connectivity index (χ4v) is 3.18. The summed E-state index contributed by atoms with van der Waals surface area (Å²) >= 11 is 0. The molecule has 0 saturated heterocycles. The van der Waals surface area contributed by atoms with Crippen molar-refractivity contribution >= 4 is 10.9 Å². The Morgan fingerprint density at radius 2 is 2.00 bits per heavy atom. The lowest BCUT2D eigenvalue weighted by Gasteiger charge is -2.28. The van der Waals surface area contributed by atoms with Crippen molar-refractivity contribution in [3.05, 3.63) is 36.0 Å². The van der Waals surface area contributed by atoms with Crippen molar-refractivity contribution < 1.29 is 0 Å². The minimum absolute atomic E-state index is 0.238. The summed E-state index contributed by atoms with van der Waals surface area (Å²) in [5, 5.41) is 1.36. The van der Waals surface area contributed by atoms with Crippen molar-refractivity contribution in [3.8, 4) is 0 Å². The first-order valence-corrected chi connectivity index (χ1v) is 6.12. The van der Waals surface area contributed by atoms with Gasteiger partial charge in [-0.15, -0.1) is 0 Å². The number of aromatic amines is 1. The molecule has 1 heterocycles. The first kappa shape index (κ1) is 9.91. The number of aromatic nitrogens is 1. The number of benzene rings is 1. The highest BCUT2D eigenvalue weighted by molar-refractivity contribution is 5.84. The summed E-state index contributed by atoms with van der Waals surface area (Å²) in [4.78, 5) is 3.28. The molecule has 1 aromatic carbocycles. The maximum Gasteiger partial charge on any atom is 0.0456 e. The van der Waals surface area contributed by atoms with Crippen LogP contribution >= 0.6 is 0 Å². The molecule has 2 nitrogen and oxygen atoms in total. The zero-order valence-electron chi connectivity index (χ0n) is 9.50. The molecular formula is C14H18N2. The van der Waals surface area contributed by atoms with Crippen molar-refractivity contribution in [1.82, 2.24) is 4.98 Å². The molecule has 1 aliphatic rings. The van der Waals surface area contributed by atoms with E-state index in [-0.39, 0.29) is 5.41 Å². The summed E-state index contributed by atoms with van der Waals surface area (Å²) in [6, 6.07) is 8.72. The van der Waals surface area contributed by atoms with Crippen LogP contribution in [0.25, 0.3) is 10.9 Å². The van der Waals surface area contributed by atoms with E-state index >= 15 is 0 Å². The quantitative estimate of drug-likeness (QED) is 0.793. The van der Waals surface area contributed by atoms with Crippen LogP contribution in [0.1, 0.15) is 31.2 Å². The standard InChI is InChI=1S/C14H18N2/c15-10-14(7-1-2-8-14)12-4-3-5-13-11(12)6-9-16-13/h3-6,9,16H,1-2,7-8,10,15H2. The minimum atomic E-state index is 0.238. The molecular weight excluding hydrogens is 196 g/mol. The Balaban J connectivity index is 2.20. The van der Waals surface area contributed by atoms with Crippen LogP contribution in [0.4, 0.5) is 0 Å². The van der Waals surface area contributed by atoms with Gasteiger partial charge in [0.15, 0.2) is 0 Å². The molecule has 2 aromatic rings. The molecule has 0 aliphatic heterocycles. The van der Waals surface area contributed by atoms with Gasteiger partial charge in [-0.05, 0) is 30.5 Å². The summed E-state index contributed by atoms with van der Waals surface area (Å²) in [5.74, 6) is 0. The highest BCUT2D eigenvalue weighted by Crippen LogP contribution is 2.42. The first-order chi connectivity index (χ1) is 7.86. The summed E-state index contributed by atoms with van der Waals surface area (Å²) in [5.41, 5.74) is 8.97. The molecule has 1 aliphatic carbocycles. The summed E-state index contributed by atoms with van der Waals surface area (Å²) in [6.07, 6.45) is 7.14. The fraction of sp³-hybridized carbons (Fsp3) is 0.429. The highest BCUT2D eigenvalue weighted by atomic mass is 14.7. The third kappa shape index (κ3) is 1.30. The number of nitrogens with one attached hydrogen (secondary N) is 1. The average Bonchev–Trinajstić information content (AvgIpc) is 2.98. The van der Waals surface area contributed by atoms with E-state index in [0.717, 1.165) is 6.54 Å². The molecule has 1 saturated carbocycles. The molecule has 0 amide bonds. The van der Waals surface area contributed by atoms with Gasteiger partial charge < -0.3 is 10.7 Å². The van der Waals surface area contributed by atoms with Crippen LogP contribution in [-0.4, -0.2) is 11.5 Å². The molecule has 0 atom stereocenters. The molecule has 0 unspecified atom stereocenters. The number of rotatable bonds is 2. The van der Waals surface area contributed by atoms with Crippen LogP contribution in [0, 0.1) is 0 Å². The van der Waals surface area contributed by atoms with Crippen molar-refractivity contribution in [1.29, 1.82) is 0 Å². The van der Waals surface area contributed by atoms with Crippen molar-refractivity contribution in [2.24, 2.45) is 5.73 Å². The molecule has 84 valence electrons. The van der Waals surface area contributed by atoms with Gasteiger partial charge in [0.05, 0.1) is 0 Å². The Morgan fingerprint density at radius 3 is 2.75 bits per heavy atom. The molecule has 1 aromatic heterocycles. The van der Waals surface area contributed by atoms with Gasteiger partial charge >= 0.3 is 0 Å². The van der Waals surface area contributed by atoms with E-state index in [0.29, 0.717) is 0 Å². The predicted molar refractivity (Wildman–Crippen MR) is 67.5 cm³/mol. The number of H-pyrrole nitrogens is 1. The summed E-state index contributed by atoms with van der Waals surface area (Å²) < 4.78 is 0. The van der Waals surface area contributed by atoms with Gasteiger partial charge in [-0.1, -0.05) is 25.0 Å². The molecule has 16 heavy (non-hydrogen) atoms. The van der Waals surface area contributed by atoms with E-state index in [1.54, 1.807) is 0 Å². The van der Waals surface area contributed by atoms with Gasteiger partial charge in [0.25, 0.3) is 0 Å². The number of fused-ring (bicyclic) bond motifs is 1. The Morgan fingerprint density at radius 1 is 1.19 bits per heavy atom. The highest BCUT2D eigenvalue weighted by Gasteiger charge is 2.35. The Kier molecular flexibility index (Phi) is 2.25. The average molecular weight is 214 g/mol. The maximum absolute atomic E-state index is 6.05. The number of hydrogen-bond donors (Lipinski definition) is 2. The van der Waals surface area contributed by atoms with E-state index < -0.39 is 0 Å². The zero-order valence-corrected chi connectivity index (χ0v) is 9.50. The van der Waals surface area contributed by atoms with Gasteiger partial charge in [0, 0.05) is 29.1 Å². The lowest BCUT2D eigenvalue weighted by Crippen LogP contribution is -2.32. The molecule has 0 spiro atoms. The summed E-state index contributed by atoms with van der Waals surface area (Å²) in [7, 11) is 0. The number of nitrogens with two attached hydrogens (primary N) is 1. The molecule has 3 N–H and O–H groups in total. The second-order valence-electron chi connectivity index (χ2n) is 4.94. The second-order valence-corrected chi connectivity index (χ2v) is 4.94. The Labute approximate surface area is 95.8 Å². The van der Waals surface area contributed by atoms with Crippen LogP contribution in [0.5, 0.6) is 0 Å². The maximum atomic E-state index is 6.05. The van der Waals surface area contributed by atoms with Gasteiger partial charge in [-0.2, -0.15) is 0 Å². The smallest absolute Gasteiger partial charge is 0.0456 e. The fourth-order valence-electron chi connectivity index (χ4n) is 3.18. The summed E-state index contributed by atoms with van der Waals surface area (Å²) in [6.45, 7) is 0.775. The lowest BCUT2D eigenvalue weighted by atomic mass is 9.77. The van der Waals surface area contributed by atoms with Gasteiger partial charge in [0.1, 0.15) is 0 Å². The first-order valence-electron chi connectivity index (χ1n) is 6.12. The normalized spacial score (nSPS) is 19.3. The molecule has 0 bridgehead atoms. The van der Waals surface area contributed by atoms with Crippen molar-refractivity contribution in [3.63, 3.8) is 0 Å². The SMILES string of the molecule is NCC1(c2cccc3[nH]ccc23)CCCC1. The van der Waals surface area contributed by atoms with Gasteiger partial charge in [0.2, 0.25) is 0 Å². The van der Waals surface area contributed by atoms with Crippen molar-refractivity contribution in [2.75, 3.05) is 6.54 Å². The van der Waals surface area contributed by atoms with E-state index in [2.05, 4.69) is 29.2 Å². The molecule has 3 rings (SSSR count). The predicted octanol–water partition coefficient (Wildman–Crippen LogP) is 2.94. The topological polar surface area (TPSA) is 41.8 Å². The van der Waals surface area contributed by atoms with Crippen LogP contribution in [-0.2, 0) is 5.41 Å². The minimum Gasteiger partial charge on any atom is -0.361 e. The van der Waals surface area contributed by atoms with Crippen molar-refractivity contribution in [2.45, 2.75) is 31.1 Å². The second kappa shape index (κ2) is 3.63. The van der Waals surface area contributed by atoms with Gasteiger partial charge in [-0.25, -0.2) is 0 Å².